The Bertz CT molecular complexity index is 1550. The third-order valence-corrected chi connectivity index (χ3v) is 8.67. The molecule has 0 spiro atoms. The Morgan fingerprint density at radius 1 is 0.778 bits per heavy atom. The van der Waals surface area contributed by atoms with Gasteiger partial charge in [0, 0.05) is 57.9 Å². The van der Waals surface area contributed by atoms with E-state index >= 15 is 0 Å². The van der Waals surface area contributed by atoms with Gasteiger partial charge in [-0.1, -0.05) is 60.7 Å². The van der Waals surface area contributed by atoms with Crippen molar-refractivity contribution in [3.63, 3.8) is 0 Å². The minimum atomic E-state index is -0.625. The van der Waals surface area contributed by atoms with Crippen molar-refractivity contribution in [1.29, 1.82) is 0 Å². The van der Waals surface area contributed by atoms with Gasteiger partial charge in [0.1, 0.15) is 5.75 Å². The minimum Gasteiger partial charge on any atom is -0.497 e. The van der Waals surface area contributed by atoms with Crippen LogP contribution in [0.15, 0.2) is 103 Å². The highest BCUT2D eigenvalue weighted by Gasteiger charge is 2.30. The summed E-state index contributed by atoms with van der Waals surface area (Å²) in [5, 5.41) is 3.30. The number of carbonyl (C=O) groups excluding carboxylic acids is 2. The minimum absolute atomic E-state index is 0.0539. The van der Waals surface area contributed by atoms with Gasteiger partial charge >= 0.3 is 6.03 Å². The highest BCUT2D eigenvalue weighted by molar-refractivity contribution is 6.04. The summed E-state index contributed by atoms with van der Waals surface area (Å²) in [6.07, 6.45) is 0. The van der Waals surface area contributed by atoms with Crippen LogP contribution in [0, 0.1) is 0 Å². The van der Waals surface area contributed by atoms with Crippen molar-refractivity contribution < 1.29 is 14.3 Å². The van der Waals surface area contributed by atoms with Crippen LogP contribution in [0.25, 0.3) is 0 Å². The average Bonchev–Trinajstić information content (AvgIpc) is 3.10. The second-order valence-electron chi connectivity index (χ2n) is 11.4. The number of anilines is 3. The van der Waals surface area contributed by atoms with Crippen LogP contribution in [0.4, 0.5) is 21.9 Å². The molecule has 9 nitrogen and oxygen atoms in total. The summed E-state index contributed by atoms with van der Waals surface area (Å²) >= 11 is 0. The van der Waals surface area contributed by atoms with Crippen molar-refractivity contribution >= 4 is 29.0 Å². The van der Waals surface area contributed by atoms with Gasteiger partial charge in [0.25, 0.3) is 5.91 Å². The van der Waals surface area contributed by atoms with Crippen molar-refractivity contribution in [2.24, 2.45) is 5.73 Å². The molecule has 0 radical (unpaired) electrons. The number of urea groups is 1. The topological polar surface area (TPSA) is 94.4 Å². The van der Waals surface area contributed by atoms with Gasteiger partial charge in [-0.3, -0.25) is 14.6 Å². The Balaban J connectivity index is 1.33. The molecule has 2 heterocycles. The summed E-state index contributed by atoms with van der Waals surface area (Å²) < 4.78 is 5.34. The fraction of sp³-hybridized carbons (Fsp3) is 0.278. The number of primary amides is 1. The van der Waals surface area contributed by atoms with Crippen LogP contribution in [0.5, 0.6) is 5.75 Å². The molecule has 0 unspecified atom stereocenters. The summed E-state index contributed by atoms with van der Waals surface area (Å²) in [6.45, 7) is 5.90. The third kappa shape index (κ3) is 6.64. The lowest BCUT2D eigenvalue weighted by atomic mass is 9.96. The zero-order valence-electron chi connectivity index (χ0n) is 25.6. The van der Waals surface area contributed by atoms with Crippen LogP contribution < -0.4 is 25.6 Å². The van der Waals surface area contributed by atoms with Gasteiger partial charge in [0.05, 0.1) is 30.2 Å². The molecule has 232 valence electrons. The first-order valence-electron chi connectivity index (χ1n) is 15.5. The Morgan fingerprint density at radius 3 is 1.93 bits per heavy atom. The number of nitrogens with zero attached hydrogens (tertiary/aromatic N) is 4. The Morgan fingerprint density at radius 2 is 1.38 bits per heavy atom. The van der Waals surface area contributed by atoms with E-state index in [1.54, 1.807) is 31.4 Å². The first-order chi connectivity index (χ1) is 22.0. The molecule has 2 saturated heterocycles. The van der Waals surface area contributed by atoms with Crippen LogP contribution in [0.1, 0.15) is 27.5 Å². The standard InChI is InChI=1S/C36H40N6O3/c1-45-31-15-13-30(14-16-31)42(36(37)44)33-26-29(35(43)41-20-18-38-19-21-41)12-17-32(33)39-22-24-40(25-23-39)34(27-8-4-2-5-9-27)28-10-6-3-7-11-28/h2-17,26,34,38H,18-25H2,1H3,(H2,37,44). The molecule has 3 N–H and O–H groups in total. The molecule has 9 heteroatoms. The molecule has 0 bridgehead atoms. The second-order valence-corrected chi connectivity index (χ2v) is 11.4. The molecule has 0 aliphatic carbocycles. The smallest absolute Gasteiger partial charge is 0.323 e. The van der Waals surface area contributed by atoms with Crippen LogP contribution in [-0.4, -0.2) is 81.2 Å². The van der Waals surface area contributed by atoms with Gasteiger partial charge in [-0.15, -0.1) is 0 Å². The van der Waals surface area contributed by atoms with E-state index in [4.69, 9.17) is 10.5 Å². The van der Waals surface area contributed by atoms with Gasteiger partial charge < -0.3 is 25.6 Å². The number of hydrogen-bond acceptors (Lipinski definition) is 6. The monoisotopic (exact) mass is 604 g/mol. The lowest BCUT2D eigenvalue weighted by Gasteiger charge is -2.41. The van der Waals surface area contributed by atoms with Gasteiger partial charge in [0.2, 0.25) is 0 Å². The average molecular weight is 605 g/mol. The number of hydrogen-bond donors (Lipinski definition) is 2. The van der Waals surface area contributed by atoms with Crippen LogP contribution >= 0.6 is 0 Å². The number of nitrogens with one attached hydrogen (secondary N) is 1. The number of ether oxygens (including phenoxy) is 1. The molecule has 0 aromatic heterocycles. The first-order valence-corrected chi connectivity index (χ1v) is 15.5. The van der Waals surface area contributed by atoms with Gasteiger partial charge in [-0.25, -0.2) is 4.79 Å². The third-order valence-electron chi connectivity index (χ3n) is 8.67. The van der Waals surface area contributed by atoms with E-state index < -0.39 is 6.03 Å². The lowest BCUT2D eigenvalue weighted by molar-refractivity contribution is 0.0736. The van der Waals surface area contributed by atoms with Crippen LogP contribution in [-0.2, 0) is 0 Å². The summed E-state index contributed by atoms with van der Waals surface area (Å²) in [5.41, 5.74) is 11.1. The number of methoxy groups -OCH3 is 1. The molecule has 6 rings (SSSR count). The molecule has 3 amide bonds. The van der Waals surface area contributed by atoms with E-state index in [2.05, 4.69) is 75.8 Å². The number of nitrogens with two attached hydrogens (primary N) is 1. The summed E-state index contributed by atoms with van der Waals surface area (Å²) in [7, 11) is 1.60. The Labute approximate surface area is 264 Å². The maximum Gasteiger partial charge on any atom is 0.323 e. The number of piperazine rings is 2. The molecule has 4 aromatic rings. The van der Waals surface area contributed by atoms with E-state index in [0.717, 1.165) is 45.0 Å². The van der Waals surface area contributed by atoms with Crippen molar-refractivity contribution in [3.8, 4) is 5.75 Å². The van der Waals surface area contributed by atoms with Crippen molar-refractivity contribution in [1.82, 2.24) is 15.1 Å². The molecule has 2 aliphatic heterocycles. The predicted molar refractivity (Wildman–Crippen MR) is 178 cm³/mol. The van der Waals surface area contributed by atoms with E-state index in [1.807, 2.05) is 23.1 Å². The zero-order chi connectivity index (χ0) is 31.2. The fourth-order valence-corrected chi connectivity index (χ4v) is 6.38. The van der Waals surface area contributed by atoms with Crippen LogP contribution in [0.2, 0.25) is 0 Å². The number of rotatable bonds is 8. The molecule has 2 fully saturated rings. The molecule has 0 atom stereocenters. The molecule has 2 aliphatic rings. The summed E-state index contributed by atoms with van der Waals surface area (Å²) in [4.78, 5) is 34.8. The molecular formula is C36H40N6O3. The van der Waals surface area contributed by atoms with Crippen molar-refractivity contribution in [2.75, 3.05) is 69.3 Å². The number of carbonyl (C=O) groups is 2. The summed E-state index contributed by atoms with van der Waals surface area (Å²) in [6, 6.07) is 33.6. The Hall–Kier alpha value is -4.86. The zero-order valence-corrected chi connectivity index (χ0v) is 25.6. The van der Waals surface area contributed by atoms with Gasteiger partial charge in [0.15, 0.2) is 0 Å². The molecule has 45 heavy (non-hydrogen) atoms. The van der Waals surface area contributed by atoms with Gasteiger partial charge in [-0.2, -0.15) is 0 Å². The van der Waals surface area contributed by atoms with Crippen molar-refractivity contribution in [2.45, 2.75) is 6.04 Å². The quantitative estimate of drug-likeness (QED) is 0.298. The lowest BCUT2D eigenvalue weighted by Crippen LogP contribution is -2.48. The maximum absolute atomic E-state index is 13.6. The molecule has 4 aromatic carbocycles. The van der Waals surface area contributed by atoms with Crippen molar-refractivity contribution in [3.05, 3.63) is 120 Å². The largest absolute Gasteiger partial charge is 0.497 e. The SMILES string of the molecule is COc1ccc(N(C(N)=O)c2cc(C(=O)N3CCNCC3)ccc2N2CCN(C(c3ccccc3)c3ccccc3)CC2)cc1. The highest BCUT2D eigenvalue weighted by atomic mass is 16.5. The first kappa shape index (κ1) is 30.2. The fourth-order valence-electron chi connectivity index (χ4n) is 6.38. The van der Waals surface area contributed by atoms with Gasteiger partial charge in [-0.05, 0) is 53.6 Å². The van der Waals surface area contributed by atoms with Crippen LogP contribution in [0.3, 0.4) is 0 Å². The van der Waals surface area contributed by atoms with E-state index in [9.17, 15) is 9.59 Å². The number of amides is 3. The molecular weight excluding hydrogens is 564 g/mol. The molecule has 0 saturated carbocycles. The van der Waals surface area contributed by atoms with E-state index in [0.29, 0.717) is 35.8 Å². The summed E-state index contributed by atoms with van der Waals surface area (Å²) in [5.74, 6) is 0.621. The number of benzene rings is 4. The highest BCUT2D eigenvalue weighted by Crippen LogP contribution is 2.38. The maximum atomic E-state index is 13.6. The Kier molecular flexibility index (Phi) is 9.28. The van der Waals surface area contributed by atoms with E-state index in [1.165, 1.54) is 16.0 Å². The predicted octanol–water partition coefficient (Wildman–Crippen LogP) is 4.87. The normalized spacial score (nSPS) is 15.6. The second kappa shape index (κ2) is 13.8. The van der Waals surface area contributed by atoms with E-state index in [-0.39, 0.29) is 11.9 Å².